The van der Waals surface area contributed by atoms with E-state index in [1.807, 2.05) is 0 Å². The molecule has 0 aliphatic heterocycles. The molecule has 0 spiro atoms. The van der Waals surface area contributed by atoms with E-state index >= 15 is 0 Å². The lowest BCUT2D eigenvalue weighted by Gasteiger charge is -2.48. The SMILES string of the molecule is C=C(C)[C@@H]1CC[C@@]2(C)CCC=C(CO)C2C1. The quantitative estimate of drug-likeness (QED) is 0.704. The Bertz CT molecular complexity index is 315. The van der Waals surface area contributed by atoms with Gasteiger partial charge < -0.3 is 5.11 Å². The van der Waals surface area contributed by atoms with Crippen LogP contribution < -0.4 is 0 Å². The first-order chi connectivity index (χ1) is 7.57. The molecule has 1 N–H and O–H groups in total. The number of rotatable bonds is 2. The molecule has 0 bridgehead atoms. The lowest BCUT2D eigenvalue weighted by Crippen LogP contribution is -2.38. The van der Waals surface area contributed by atoms with Crippen LogP contribution in [0.5, 0.6) is 0 Å². The van der Waals surface area contributed by atoms with Crippen LogP contribution in [0, 0.1) is 17.3 Å². The lowest BCUT2D eigenvalue weighted by molar-refractivity contribution is 0.0879. The predicted octanol–water partition coefficient (Wildman–Crippen LogP) is 3.70. The van der Waals surface area contributed by atoms with Crippen molar-refractivity contribution in [2.45, 2.75) is 46.0 Å². The molecule has 1 fully saturated rings. The van der Waals surface area contributed by atoms with E-state index in [-0.39, 0.29) is 6.61 Å². The summed E-state index contributed by atoms with van der Waals surface area (Å²) in [4.78, 5) is 0. The van der Waals surface area contributed by atoms with Crippen molar-refractivity contribution in [1.82, 2.24) is 0 Å². The van der Waals surface area contributed by atoms with E-state index in [2.05, 4.69) is 26.5 Å². The van der Waals surface area contributed by atoms with Crippen molar-refractivity contribution in [3.63, 3.8) is 0 Å². The minimum atomic E-state index is 0.253. The molecule has 1 unspecified atom stereocenters. The fraction of sp³-hybridized carbons (Fsp3) is 0.733. The molecule has 1 nitrogen and oxygen atoms in total. The minimum Gasteiger partial charge on any atom is -0.392 e. The maximum absolute atomic E-state index is 9.48. The molecule has 2 rings (SSSR count). The van der Waals surface area contributed by atoms with Crippen molar-refractivity contribution in [2.24, 2.45) is 17.3 Å². The highest BCUT2D eigenvalue weighted by atomic mass is 16.3. The third kappa shape index (κ3) is 1.98. The fourth-order valence-corrected chi connectivity index (χ4v) is 3.62. The molecular weight excluding hydrogens is 196 g/mol. The number of fused-ring (bicyclic) bond motifs is 1. The monoisotopic (exact) mass is 220 g/mol. The van der Waals surface area contributed by atoms with E-state index in [1.54, 1.807) is 0 Å². The van der Waals surface area contributed by atoms with Gasteiger partial charge in [-0.05, 0) is 61.9 Å². The van der Waals surface area contributed by atoms with Gasteiger partial charge in [-0.2, -0.15) is 0 Å². The Morgan fingerprint density at radius 1 is 1.56 bits per heavy atom. The largest absolute Gasteiger partial charge is 0.392 e. The standard InChI is InChI=1S/C15H24O/c1-11(2)12-6-8-15(3)7-4-5-13(10-16)14(15)9-12/h5,12,14,16H,1,4,6-10H2,2-3H3/t12-,14?,15-/m1/s1. The highest BCUT2D eigenvalue weighted by Gasteiger charge is 2.42. The molecule has 90 valence electrons. The van der Waals surface area contributed by atoms with Gasteiger partial charge in [0.2, 0.25) is 0 Å². The second-order valence-corrected chi connectivity index (χ2v) is 6.00. The third-order valence-electron chi connectivity index (χ3n) is 4.87. The number of allylic oxidation sites excluding steroid dienone is 2. The maximum atomic E-state index is 9.48. The second-order valence-electron chi connectivity index (χ2n) is 6.00. The molecule has 0 radical (unpaired) electrons. The average molecular weight is 220 g/mol. The Morgan fingerprint density at radius 2 is 2.31 bits per heavy atom. The number of hydrogen-bond donors (Lipinski definition) is 1. The predicted molar refractivity (Wildman–Crippen MR) is 68.2 cm³/mol. The highest BCUT2D eigenvalue weighted by molar-refractivity contribution is 5.19. The zero-order chi connectivity index (χ0) is 11.8. The van der Waals surface area contributed by atoms with E-state index in [4.69, 9.17) is 0 Å². The summed E-state index contributed by atoms with van der Waals surface area (Å²) in [6, 6.07) is 0. The Hall–Kier alpha value is -0.560. The van der Waals surface area contributed by atoms with Gasteiger partial charge in [0.1, 0.15) is 0 Å². The van der Waals surface area contributed by atoms with E-state index in [9.17, 15) is 5.11 Å². The van der Waals surface area contributed by atoms with Crippen molar-refractivity contribution in [3.05, 3.63) is 23.8 Å². The van der Waals surface area contributed by atoms with Gasteiger partial charge in [-0.3, -0.25) is 0 Å². The van der Waals surface area contributed by atoms with Gasteiger partial charge in [0.15, 0.2) is 0 Å². The van der Waals surface area contributed by atoms with Crippen LogP contribution in [0.1, 0.15) is 46.0 Å². The fourth-order valence-electron chi connectivity index (χ4n) is 3.62. The molecule has 0 heterocycles. The van der Waals surface area contributed by atoms with Crippen LogP contribution in [0.2, 0.25) is 0 Å². The van der Waals surface area contributed by atoms with Crippen molar-refractivity contribution in [1.29, 1.82) is 0 Å². The van der Waals surface area contributed by atoms with Gasteiger partial charge >= 0.3 is 0 Å². The third-order valence-corrected chi connectivity index (χ3v) is 4.87. The first-order valence-electron chi connectivity index (χ1n) is 6.52. The summed E-state index contributed by atoms with van der Waals surface area (Å²) >= 11 is 0. The summed E-state index contributed by atoms with van der Waals surface area (Å²) in [6.07, 6.45) is 8.52. The molecule has 0 aromatic rings. The summed E-state index contributed by atoms with van der Waals surface area (Å²) in [5, 5.41) is 9.48. The van der Waals surface area contributed by atoms with E-state index in [1.165, 1.54) is 36.8 Å². The Balaban J connectivity index is 2.20. The first kappa shape index (κ1) is 11.9. The summed E-state index contributed by atoms with van der Waals surface area (Å²) in [5.74, 6) is 1.27. The van der Waals surface area contributed by atoms with E-state index < -0.39 is 0 Å². The number of hydrogen-bond acceptors (Lipinski definition) is 1. The molecule has 1 heteroatoms. The van der Waals surface area contributed by atoms with Crippen LogP contribution in [-0.2, 0) is 0 Å². The Kier molecular flexibility index (Phi) is 3.25. The number of aliphatic hydroxyl groups is 1. The van der Waals surface area contributed by atoms with Crippen LogP contribution in [0.4, 0.5) is 0 Å². The van der Waals surface area contributed by atoms with Gasteiger partial charge in [0.05, 0.1) is 6.61 Å². The molecule has 16 heavy (non-hydrogen) atoms. The molecule has 1 saturated carbocycles. The zero-order valence-electron chi connectivity index (χ0n) is 10.6. The minimum absolute atomic E-state index is 0.253. The van der Waals surface area contributed by atoms with Crippen molar-refractivity contribution in [2.75, 3.05) is 6.61 Å². The molecule has 0 saturated heterocycles. The van der Waals surface area contributed by atoms with Crippen molar-refractivity contribution >= 4 is 0 Å². The smallest absolute Gasteiger partial charge is 0.0644 e. The van der Waals surface area contributed by atoms with Crippen LogP contribution in [0.3, 0.4) is 0 Å². The summed E-state index contributed by atoms with van der Waals surface area (Å²) in [7, 11) is 0. The van der Waals surface area contributed by atoms with Crippen LogP contribution >= 0.6 is 0 Å². The van der Waals surface area contributed by atoms with Gasteiger partial charge in [0, 0.05) is 0 Å². The summed E-state index contributed by atoms with van der Waals surface area (Å²) < 4.78 is 0. The van der Waals surface area contributed by atoms with Crippen LogP contribution in [0.15, 0.2) is 23.8 Å². The van der Waals surface area contributed by atoms with Crippen LogP contribution in [0.25, 0.3) is 0 Å². The van der Waals surface area contributed by atoms with Gasteiger partial charge in [-0.25, -0.2) is 0 Å². The first-order valence-corrected chi connectivity index (χ1v) is 6.52. The van der Waals surface area contributed by atoms with Crippen molar-refractivity contribution in [3.8, 4) is 0 Å². The van der Waals surface area contributed by atoms with Gasteiger partial charge in [-0.1, -0.05) is 25.2 Å². The second kappa shape index (κ2) is 4.37. The average Bonchev–Trinajstić information content (AvgIpc) is 2.26. The number of aliphatic hydroxyl groups excluding tert-OH is 1. The lowest BCUT2D eigenvalue weighted by atomic mass is 9.57. The molecule has 2 aliphatic carbocycles. The van der Waals surface area contributed by atoms with E-state index in [0.717, 1.165) is 6.42 Å². The summed E-state index contributed by atoms with van der Waals surface area (Å²) in [5.41, 5.74) is 3.06. The molecule has 0 amide bonds. The van der Waals surface area contributed by atoms with Gasteiger partial charge in [-0.15, -0.1) is 0 Å². The molecule has 0 aromatic carbocycles. The Labute approximate surface area is 99.3 Å². The van der Waals surface area contributed by atoms with Crippen molar-refractivity contribution < 1.29 is 5.11 Å². The van der Waals surface area contributed by atoms with Crippen LogP contribution in [-0.4, -0.2) is 11.7 Å². The van der Waals surface area contributed by atoms with Gasteiger partial charge in [0.25, 0.3) is 0 Å². The summed E-state index contributed by atoms with van der Waals surface area (Å²) in [6.45, 7) is 8.92. The molecule has 0 aromatic heterocycles. The molecule has 2 aliphatic rings. The van der Waals surface area contributed by atoms with E-state index in [0.29, 0.717) is 17.3 Å². The molecular formula is C15H24O. The maximum Gasteiger partial charge on any atom is 0.0644 e. The Morgan fingerprint density at radius 3 is 2.94 bits per heavy atom. The highest BCUT2D eigenvalue weighted by Crippen LogP contribution is 2.52. The normalized spacial score (nSPS) is 38.8. The molecule has 3 atom stereocenters. The topological polar surface area (TPSA) is 20.2 Å². The zero-order valence-corrected chi connectivity index (χ0v) is 10.6.